The Hall–Kier alpha value is -2.70. The first-order valence-corrected chi connectivity index (χ1v) is 6.70. The number of rotatable bonds is 4. The lowest BCUT2D eigenvalue weighted by Crippen LogP contribution is -2.14. The van der Waals surface area contributed by atoms with Gasteiger partial charge in [-0.1, -0.05) is 0 Å². The zero-order valence-electron chi connectivity index (χ0n) is 11.9. The van der Waals surface area contributed by atoms with Crippen LogP contribution in [0.25, 0.3) is 11.0 Å². The molecule has 3 aromatic rings. The van der Waals surface area contributed by atoms with Crippen LogP contribution >= 0.6 is 0 Å². The number of hydrogen-bond donors (Lipinski definition) is 1. The van der Waals surface area contributed by atoms with Crippen LogP contribution in [0.3, 0.4) is 0 Å². The molecule has 0 unspecified atom stereocenters. The molecular formula is C14H16N6O. The minimum absolute atomic E-state index is 0.0619. The smallest absolute Gasteiger partial charge is 0.226 e. The molecule has 0 fully saturated rings. The summed E-state index contributed by atoms with van der Waals surface area (Å²) in [6.45, 7) is 2.48. The molecule has 0 aromatic carbocycles. The Bertz CT molecular complexity index is 774. The fourth-order valence-electron chi connectivity index (χ4n) is 2.25. The van der Waals surface area contributed by atoms with Crippen molar-refractivity contribution in [3.63, 3.8) is 0 Å². The van der Waals surface area contributed by atoms with E-state index in [1.807, 2.05) is 32.3 Å². The molecule has 0 atom stereocenters. The van der Waals surface area contributed by atoms with E-state index in [2.05, 4.69) is 20.5 Å². The first-order valence-electron chi connectivity index (χ1n) is 6.70. The lowest BCUT2D eigenvalue weighted by molar-refractivity contribution is -0.116. The summed E-state index contributed by atoms with van der Waals surface area (Å²) in [6, 6.07) is 3.73. The lowest BCUT2D eigenvalue weighted by Gasteiger charge is -2.05. The highest BCUT2D eigenvalue weighted by atomic mass is 16.1. The van der Waals surface area contributed by atoms with E-state index in [0.29, 0.717) is 18.7 Å². The Morgan fingerprint density at radius 1 is 1.43 bits per heavy atom. The van der Waals surface area contributed by atoms with Crippen LogP contribution in [0.2, 0.25) is 0 Å². The molecule has 108 valence electrons. The van der Waals surface area contributed by atoms with Gasteiger partial charge in [0.05, 0.1) is 17.6 Å². The molecule has 1 amide bonds. The summed E-state index contributed by atoms with van der Waals surface area (Å²) >= 11 is 0. The number of hydrogen-bond acceptors (Lipinski definition) is 4. The van der Waals surface area contributed by atoms with E-state index in [-0.39, 0.29) is 5.91 Å². The summed E-state index contributed by atoms with van der Waals surface area (Å²) in [7, 11) is 1.85. The number of carbonyl (C=O) groups is 1. The maximum atomic E-state index is 11.9. The van der Waals surface area contributed by atoms with Crippen molar-refractivity contribution in [2.24, 2.45) is 7.05 Å². The third kappa shape index (κ3) is 2.76. The highest BCUT2D eigenvalue weighted by Gasteiger charge is 2.09. The standard InChI is InChI=1S/C14H16N6O/c1-10-12-8-11(9-15-14(12)19(2)18-10)17-13(21)4-7-20-6-3-5-16-20/h3,5-6,8-9H,4,7H2,1-2H3,(H,17,21). The van der Waals surface area contributed by atoms with E-state index >= 15 is 0 Å². The molecule has 3 aromatic heterocycles. The van der Waals surface area contributed by atoms with E-state index in [9.17, 15) is 4.79 Å². The van der Waals surface area contributed by atoms with Crippen molar-refractivity contribution < 1.29 is 4.79 Å². The topological polar surface area (TPSA) is 77.6 Å². The van der Waals surface area contributed by atoms with Gasteiger partial charge in [-0.15, -0.1) is 0 Å². The van der Waals surface area contributed by atoms with Gasteiger partial charge in [-0.2, -0.15) is 10.2 Å². The third-order valence-electron chi connectivity index (χ3n) is 3.27. The summed E-state index contributed by atoms with van der Waals surface area (Å²) in [5.74, 6) is -0.0619. The predicted octanol–water partition coefficient (Wildman–Crippen LogP) is 1.50. The zero-order valence-corrected chi connectivity index (χ0v) is 11.9. The summed E-state index contributed by atoms with van der Waals surface area (Å²) in [6.07, 6.45) is 5.54. The van der Waals surface area contributed by atoms with Crippen molar-refractivity contribution in [3.05, 3.63) is 36.4 Å². The van der Waals surface area contributed by atoms with E-state index < -0.39 is 0 Å². The van der Waals surface area contributed by atoms with Gasteiger partial charge in [0.25, 0.3) is 0 Å². The lowest BCUT2D eigenvalue weighted by atomic mass is 10.2. The molecule has 3 rings (SSSR count). The first-order chi connectivity index (χ1) is 10.1. The molecule has 7 heteroatoms. The molecule has 0 saturated heterocycles. The van der Waals surface area contributed by atoms with Crippen LogP contribution in [0.5, 0.6) is 0 Å². The average molecular weight is 284 g/mol. The highest BCUT2D eigenvalue weighted by molar-refractivity contribution is 5.93. The Morgan fingerprint density at radius 2 is 2.29 bits per heavy atom. The van der Waals surface area contributed by atoms with Crippen LogP contribution in [0.15, 0.2) is 30.7 Å². The second kappa shape index (κ2) is 5.35. The molecule has 0 spiro atoms. The largest absolute Gasteiger partial charge is 0.325 e. The van der Waals surface area contributed by atoms with Gasteiger partial charge in [-0.25, -0.2) is 4.98 Å². The number of aryl methyl sites for hydroxylation is 3. The average Bonchev–Trinajstić information content (AvgIpc) is 3.06. The number of fused-ring (bicyclic) bond motifs is 1. The van der Waals surface area contributed by atoms with Crippen LogP contribution in [0, 0.1) is 6.92 Å². The second-order valence-electron chi connectivity index (χ2n) is 4.87. The Labute approximate surface area is 121 Å². The molecule has 0 aliphatic rings. The van der Waals surface area contributed by atoms with Gasteiger partial charge in [0.2, 0.25) is 5.91 Å². The summed E-state index contributed by atoms with van der Waals surface area (Å²) in [4.78, 5) is 16.3. The van der Waals surface area contributed by atoms with Crippen molar-refractivity contribution in [3.8, 4) is 0 Å². The summed E-state index contributed by atoms with van der Waals surface area (Å²) in [5, 5.41) is 12.2. The van der Waals surface area contributed by atoms with Gasteiger partial charge in [-0.05, 0) is 19.1 Å². The fraction of sp³-hybridized carbons (Fsp3) is 0.286. The Balaban J connectivity index is 1.69. The van der Waals surface area contributed by atoms with Crippen molar-refractivity contribution in [1.82, 2.24) is 24.5 Å². The summed E-state index contributed by atoms with van der Waals surface area (Å²) in [5.41, 5.74) is 2.39. The quantitative estimate of drug-likeness (QED) is 0.787. The van der Waals surface area contributed by atoms with Gasteiger partial charge < -0.3 is 5.32 Å². The number of nitrogens with zero attached hydrogens (tertiary/aromatic N) is 5. The molecule has 0 saturated carbocycles. The highest BCUT2D eigenvalue weighted by Crippen LogP contribution is 2.19. The molecule has 0 radical (unpaired) electrons. The molecule has 21 heavy (non-hydrogen) atoms. The SMILES string of the molecule is Cc1nn(C)c2ncc(NC(=O)CCn3cccn3)cc12. The number of amides is 1. The van der Waals surface area contributed by atoms with Crippen molar-refractivity contribution >= 4 is 22.6 Å². The molecule has 3 heterocycles. The fourth-order valence-corrected chi connectivity index (χ4v) is 2.25. The predicted molar refractivity (Wildman–Crippen MR) is 78.7 cm³/mol. The van der Waals surface area contributed by atoms with Crippen LogP contribution in [0.4, 0.5) is 5.69 Å². The van der Waals surface area contributed by atoms with Crippen molar-refractivity contribution in [2.75, 3.05) is 5.32 Å². The van der Waals surface area contributed by atoms with Gasteiger partial charge >= 0.3 is 0 Å². The van der Waals surface area contributed by atoms with Crippen LogP contribution < -0.4 is 5.32 Å². The number of carbonyl (C=O) groups excluding carboxylic acids is 1. The molecule has 0 aliphatic heterocycles. The van der Waals surface area contributed by atoms with E-state index in [1.54, 1.807) is 21.8 Å². The Kier molecular flexibility index (Phi) is 3.39. The minimum Gasteiger partial charge on any atom is -0.325 e. The molecule has 7 nitrogen and oxygen atoms in total. The van der Waals surface area contributed by atoms with Crippen molar-refractivity contribution in [2.45, 2.75) is 19.9 Å². The summed E-state index contributed by atoms with van der Waals surface area (Å²) < 4.78 is 3.46. The minimum atomic E-state index is -0.0619. The number of anilines is 1. The van der Waals surface area contributed by atoms with E-state index in [4.69, 9.17) is 0 Å². The van der Waals surface area contributed by atoms with Gasteiger partial charge in [0.1, 0.15) is 0 Å². The van der Waals surface area contributed by atoms with Crippen molar-refractivity contribution in [1.29, 1.82) is 0 Å². The Morgan fingerprint density at radius 3 is 3.05 bits per heavy atom. The van der Waals surface area contributed by atoms with E-state index in [1.165, 1.54) is 0 Å². The molecule has 0 bridgehead atoms. The number of aromatic nitrogens is 5. The third-order valence-corrected chi connectivity index (χ3v) is 3.27. The van der Waals surface area contributed by atoms with Gasteiger partial charge in [0.15, 0.2) is 5.65 Å². The van der Waals surface area contributed by atoms with E-state index in [0.717, 1.165) is 16.7 Å². The first kappa shape index (κ1) is 13.3. The molecule has 1 N–H and O–H groups in total. The van der Waals surface area contributed by atoms with Crippen LogP contribution in [0.1, 0.15) is 12.1 Å². The van der Waals surface area contributed by atoms with Crippen LogP contribution in [-0.2, 0) is 18.4 Å². The maximum absolute atomic E-state index is 11.9. The van der Waals surface area contributed by atoms with Crippen LogP contribution in [-0.4, -0.2) is 30.5 Å². The van der Waals surface area contributed by atoms with Gasteiger partial charge in [-0.3, -0.25) is 14.2 Å². The second-order valence-corrected chi connectivity index (χ2v) is 4.87. The monoisotopic (exact) mass is 284 g/mol. The van der Waals surface area contributed by atoms with Gasteiger partial charge in [0, 0.05) is 37.8 Å². The zero-order chi connectivity index (χ0) is 14.8. The molecular weight excluding hydrogens is 268 g/mol. The number of nitrogens with one attached hydrogen (secondary N) is 1. The maximum Gasteiger partial charge on any atom is 0.226 e. The number of pyridine rings is 1. The normalized spacial score (nSPS) is 11.0. The molecule has 0 aliphatic carbocycles.